The maximum Gasteiger partial charge on any atom is 0.270 e. The molecule has 0 saturated carbocycles. The number of hydrogen-bond donors (Lipinski definition) is 3. The molecule has 0 aliphatic heterocycles. The molecule has 1 heterocycles. The largest absolute Gasteiger partial charge is 0.396 e. The highest BCUT2D eigenvalue weighted by Gasteiger charge is 2.09. The fraction of sp³-hybridized carbons (Fsp3) is 0.636. The average Bonchev–Trinajstić information content (AvgIpc) is 2.78. The first-order chi connectivity index (χ1) is 8.27. The molecule has 1 rings (SSSR count). The van der Waals surface area contributed by atoms with Crippen LogP contribution in [-0.4, -0.2) is 35.7 Å². The van der Waals surface area contributed by atoms with E-state index in [0.29, 0.717) is 25.2 Å². The molecule has 0 radical (unpaired) electrons. The van der Waals surface area contributed by atoms with Gasteiger partial charge in [-0.2, -0.15) is 0 Å². The number of carbonyl (C=O) groups is 1. The summed E-state index contributed by atoms with van der Waals surface area (Å²) in [6.07, 6.45) is 3.31. The number of aliphatic hydroxyl groups is 1. The Balaban J connectivity index is 2.26. The lowest BCUT2D eigenvalue weighted by Crippen LogP contribution is -2.24. The van der Waals surface area contributed by atoms with E-state index in [1.54, 1.807) is 5.38 Å². The van der Waals surface area contributed by atoms with Gasteiger partial charge in [0.15, 0.2) is 0 Å². The summed E-state index contributed by atoms with van der Waals surface area (Å²) in [6, 6.07) is 0. The van der Waals surface area contributed by atoms with Gasteiger partial charge in [0.05, 0.1) is 5.01 Å². The molecule has 0 aliphatic rings. The highest BCUT2D eigenvalue weighted by atomic mass is 32.1. The molecule has 0 saturated heterocycles. The fourth-order valence-corrected chi connectivity index (χ4v) is 2.15. The van der Waals surface area contributed by atoms with Crippen LogP contribution < -0.4 is 11.1 Å². The molecule has 0 spiro atoms. The number of carbonyl (C=O) groups excluding carboxylic acids is 1. The molecule has 0 bridgehead atoms. The van der Waals surface area contributed by atoms with Crippen LogP contribution in [0.5, 0.6) is 0 Å². The molecule has 0 aliphatic carbocycles. The van der Waals surface area contributed by atoms with E-state index < -0.39 is 0 Å². The van der Waals surface area contributed by atoms with E-state index in [2.05, 4.69) is 10.3 Å². The first kappa shape index (κ1) is 14.1. The fourth-order valence-electron chi connectivity index (χ4n) is 1.36. The summed E-state index contributed by atoms with van der Waals surface area (Å²) in [5, 5.41) is 14.1. The minimum atomic E-state index is -0.131. The molecule has 1 amide bonds. The molecule has 1 aromatic rings. The molecule has 17 heavy (non-hydrogen) atoms. The van der Waals surface area contributed by atoms with Gasteiger partial charge in [0, 0.05) is 25.0 Å². The number of amides is 1. The number of nitrogens with one attached hydrogen (secondary N) is 1. The zero-order chi connectivity index (χ0) is 12.5. The summed E-state index contributed by atoms with van der Waals surface area (Å²) in [5.74, 6) is -0.131. The summed E-state index contributed by atoms with van der Waals surface area (Å²) < 4.78 is 0. The van der Waals surface area contributed by atoms with Gasteiger partial charge in [-0.15, -0.1) is 11.3 Å². The lowest BCUT2D eigenvalue weighted by Gasteiger charge is -2.02. The normalized spacial score (nSPS) is 10.5. The smallest absolute Gasteiger partial charge is 0.270 e. The summed E-state index contributed by atoms with van der Waals surface area (Å²) in [6.45, 7) is 1.39. The van der Waals surface area contributed by atoms with Crippen molar-refractivity contribution >= 4 is 17.2 Å². The molecule has 1 aromatic heterocycles. The van der Waals surface area contributed by atoms with Crippen molar-refractivity contribution in [2.24, 2.45) is 5.73 Å². The van der Waals surface area contributed by atoms with Gasteiger partial charge in [0.1, 0.15) is 5.69 Å². The Kier molecular flexibility index (Phi) is 6.76. The van der Waals surface area contributed by atoms with E-state index in [9.17, 15) is 4.79 Å². The van der Waals surface area contributed by atoms with E-state index in [1.165, 1.54) is 11.3 Å². The zero-order valence-electron chi connectivity index (χ0n) is 9.82. The van der Waals surface area contributed by atoms with Crippen molar-refractivity contribution < 1.29 is 9.90 Å². The third kappa shape index (κ3) is 5.25. The summed E-state index contributed by atoms with van der Waals surface area (Å²) >= 11 is 1.46. The Labute approximate surface area is 105 Å². The predicted octanol–water partition coefficient (Wildman–Crippen LogP) is 0.537. The van der Waals surface area contributed by atoms with Crippen LogP contribution >= 0.6 is 11.3 Å². The van der Waals surface area contributed by atoms with E-state index in [-0.39, 0.29) is 12.5 Å². The molecule has 5 nitrogen and oxygen atoms in total. The number of nitrogens with zero attached hydrogens (tertiary/aromatic N) is 1. The van der Waals surface area contributed by atoms with Crippen LogP contribution in [0.15, 0.2) is 5.38 Å². The second-order valence-corrected chi connectivity index (χ2v) is 4.65. The summed E-state index contributed by atoms with van der Waals surface area (Å²) in [5.41, 5.74) is 5.89. The average molecular weight is 257 g/mol. The van der Waals surface area contributed by atoms with Crippen LogP contribution in [0.25, 0.3) is 0 Å². The minimum Gasteiger partial charge on any atom is -0.396 e. The monoisotopic (exact) mass is 257 g/mol. The molecular weight excluding hydrogens is 238 g/mol. The van der Waals surface area contributed by atoms with E-state index in [0.717, 1.165) is 24.3 Å². The first-order valence-electron chi connectivity index (χ1n) is 5.81. The Morgan fingerprint density at radius 1 is 1.47 bits per heavy atom. The van der Waals surface area contributed by atoms with Crippen molar-refractivity contribution in [2.45, 2.75) is 25.7 Å². The third-order valence-corrected chi connectivity index (χ3v) is 3.17. The van der Waals surface area contributed by atoms with E-state index >= 15 is 0 Å². The van der Waals surface area contributed by atoms with Gasteiger partial charge in [-0.25, -0.2) is 4.98 Å². The Bertz CT molecular complexity index is 341. The lowest BCUT2D eigenvalue weighted by atomic mass is 10.2. The van der Waals surface area contributed by atoms with Gasteiger partial charge in [0.25, 0.3) is 5.91 Å². The molecule has 0 fully saturated rings. The van der Waals surface area contributed by atoms with E-state index in [4.69, 9.17) is 10.8 Å². The summed E-state index contributed by atoms with van der Waals surface area (Å²) in [7, 11) is 0. The second-order valence-electron chi connectivity index (χ2n) is 3.71. The second kappa shape index (κ2) is 8.16. The number of aliphatic hydroxyl groups excluding tert-OH is 1. The molecule has 6 heteroatoms. The van der Waals surface area contributed by atoms with Crippen LogP contribution in [0.2, 0.25) is 0 Å². The highest BCUT2D eigenvalue weighted by Crippen LogP contribution is 2.09. The molecule has 0 aromatic carbocycles. The number of thiazole rings is 1. The maximum atomic E-state index is 11.6. The quantitative estimate of drug-likeness (QED) is 0.593. The highest BCUT2D eigenvalue weighted by molar-refractivity contribution is 7.09. The topological polar surface area (TPSA) is 88.2 Å². The van der Waals surface area contributed by atoms with Crippen molar-refractivity contribution in [1.82, 2.24) is 10.3 Å². The lowest BCUT2D eigenvalue weighted by molar-refractivity contribution is 0.0948. The first-order valence-corrected chi connectivity index (χ1v) is 6.69. The number of nitrogens with two attached hydrogens (primary N) is 1. The van der Waals surface area contributed by atoms with Crippen LogP contribution in [0.3, 0.4) is 0 Å². The van der Waals surface area contributed by atoms with Crippen LogP contribution in [-0.2, 0) is 6.42 Å². The molecule has 4 N–H and O–H groups in total. The standard InChI is InChI=1S/C11H19N3O2S/c12-5-4-10-14-9(8-17-10)11(16)13-6-2-1-3-7-15/h8,15H,1-7,12H2,(H,13,16). The van der Waals surface area contributed by atoms with Gasteiger partial charge < -0.3 is 16.2 Å². The minimum absolute atomic E-state index is 0.131. The van der Waals surface area contributed by atoms with Gasteiger partial charge in [-0.3, -0.25) is 4.79 Å². The van der Waals surface area contributed by atoms with Crippen molar-refractivity contribution in [2.75, 3.05) is 19.7 Å². The number of aromatic nitrogens is 1. The Hall–Kier alpha value is -0.980. The van der Waals surface area contributed by atoms with Gasteiger partial charge in [-0.05, 0) is 25.8 Å². The Morgan fingerprint density at radius 2 is 2.29 bits per heavy atom. The number of rotatable bonds is 8. The Morgan fingerprint density at radius 3 is 3.00 bits per heavy atom. The molecule has 0 atom stereocenters. The van der Waals surface area contributed by atoms with Crippen molar-refractivity contribution in [3.05, 3.63) is 16.1 Å². The van der Waals surface area contributed by atoms with Crippen molar-refractivity contribution in [3.8, 4) is 0 Å². The van der Waals surface area contributed by atoms with Crippen molar-refractivity contribution in [3.63, 3.8) is 0 Å². The van der Waals surface area contributed by atoms with Crippen LogP contribution in [0.4, 0.5) is 0 Å². The third-order valence-electron chi connectivity index (χ3n) is 2.26. The van der Waals surface area contributed by atoms with Gasteiger partial charge >= 0.3 is 0 Å². The van der Waals surface area contributed by atoms with Crippen LogP contribution in [0, 0.1) is 0 Å². The van der Waals surface area contributed by atoms with Gasteiger partial charge in [0.2, 0.25) is 0 Å². The number of hydrogen-bond acceptors (Lipinski definition) is 5. The van der Waals surface area contributed by atoms with Gasteiger partial charge in [-0.1, -0.05) is 0 Å². The molecule has 96 valence electrons. The van der Waals surface area contributed by atoms with Crippen LogP contribution in [0.1, 0.15) is 34.8 Å². The maximum absolute atomic E-state index is 11.6. The summed E-state index contributed by atoms with van der Waals surface area (Å²) in [4.78, 5) is 15.8. The number of unbranched alkanes of at least 4 members (excludes halogenated alkanes) is 2. The zero-order valence-corrected chi connectivity index (χ0v) is 10.6. The van der Waals surface area contributed by atoms with E-state index in [1.807, 2.05) is 0 Å². The molecular formula is C11H19N3O2S. The van der Waals surface area contributed by atoms with Crippen molar-refractivity contribution in [1.29, 1.82) is 0 Å². The molecule has 0 unspecified atom stereocenters. The predicted molar refractivity (Wildman–Crippen MR) is 68.1 cm³/mol. The SMILES string of the molecule is NCCc1nc(C(=O)NCCCCCO)cs1.